The normalized spacial score (nSPS) is 10.7. The minimum atomic E-state index is 0.643. The maximum absolute atomic E-state index is 5.75. The van der Waals surface area contributed by atoms with Gasteiger partial charge in [-0.25, -0.2) is 4.98 Å². The summed E-state index contributed by atoms with van der Waals surface area (Å²) in [5.41, 5.74) is 7.61. The molecule has 0 unspecified atom stereocenters. The first-order valence-electron chi connectivity index (χ1n) is 5.51. The number of nitrogens with two attached hydrogens (primary N) is 1. The number of nitrogen functional groups attached to an aromatic ring is 1. The van der Waals surface area contributed by atoms with Crippen molar-refractivity contribution in [2.75, 3.05) is 23.7 Å². The Balaban J connectivity index is 2.87. The summed E-state index contributed by atoms with van der Waals surface area (Å²) in [6.07, 6.45) is 1.74. The first-order chi connectivity index (χ1) is 7.04. The van der Waals surface area contributed by atoms with Gasteiger partial charge in [-0.05, 0) is 31.4 Å². The molecule has 0 fully saturated rings. The van der Waals surface area contributed by atoms with Crippen LogP contribution >= 0.6 is 0 Å². The molecule has 2 N–H and O–H groups in total. The highest BCUT2D eigenvalue weighted by atomic mass is 15.2. The van der Waals surface area contributed by atoms with Crippen molar-refractivity contribution in [2.45, 2.75) is 27.7 Å². The number of nitrogens with zero attached hydrogens (tertiary/aromatic N) is 2. The average Bonchev–Trinajstić information content (AvgIpc) is 2.18. The van der Waals surface area contributed by atoms with Gasteiger partial charge in [0.15, 0.2) is 0 Å². The lowest BCUT2D eigenvalue weighted by molar-refractivity contribution is 0.614. The molecule has 0 saturated carbocycles. The molecule has 1 aromatic rings. The number of hydrogen-bond donors (Lipinski definition) is 1. The molecule has 0 atom stereocenters. The van der Waals surface area contributed by atoms with Crippen molar-refractivity contribution in [1.82, 2.24) is 4.98 Å². The van der Waals surface area contributed by atoms with Crippen LogP contribution in [0.25, 0.3) is 0 Å². The number of hydrogen-bond acceptors (Lipinski definition) is 3. The minimum Gasteiger partial charge on any atom is -0.397 e. The van der Waals surface area contributed by atoms with E-state index in [1.807, 2.05) is 6.92 Å². The largest absolute Gasteiger partial charge is 0.397 e. The summed E-state index contributed by atoms with van der Waals surface area (Å²) < 4.78 is 0. The first-order valence-corrected chi connectivity index (χ1v) is 5.51. The van der Waals surface area contributed by atoms with Crippen molar-refractivity contribution in [3.8, 4) is 0 Å². The van der Waals surface area contributed by atoms with Crippen LogP contribution in [-0.2, 0) is 0 Å². The Bertz CT molecular complexity index is 321. The van der Waals surface area contributed by atoms with E-state index in [9.17, 15) is 0 Å². The van der Waals surface area contributed by atoms with Gasteiger partial charge in [0, 0.05) is 13.1 Å². The molecule has 0 bridgehead atoms. The van der Waals surface area contributed by atoms with E-state index in [0.717, 1.165) is 30.2 Å². The Morgan fingerprint density at radius 2 is 2.13 bits per heavy atom. The summed E-state index contributed by atoms with van der Waals surface area (Å²) in [4.78, 5) is 6.64. The zero-order chi connectivity index (χ0) is 11.4. The third kappa shape index (κ3) is 3.11. The fourth-order valence-electron chi connectivity index (χ4n) is 1.55. The highest BCUT2D eigenvalue weighted by Gasteiger charge is 2.08. The van der Waals surface area contributed by atoms with E-state index < -0.39 is 0 Å². The molecule has 0 aromatic carbocycles. The molecule has 15 heavy (non-hydrogen) atoms. The summed E-state index contributed by atoms with van der Waals surface area (Å²) in [5, 5.41) is 0. The van der Waals surface area contributed by atoms with Crippen molar-refractivity contribution in [1.29, 1.82) is 0 Å². The molecule has 1 rings (SSSR count). The molecule has 0 aliphatic heterocycles. The van der Waals surface area contributed by atoms with E-state index in [1.54, 1.807) is 6.20 Å². The SMILES string of the molecule is CCN(CC(C)C)c1cc(C)c(N)cn1. The standard InChI is InChI=1S/C12H21N3/c1-5-15(8-9(2)3)12-6-10(4)11(13)7-14-12/h6-7,9H,5,8,13H2,1-4H3. The lowest BCUT2D eigenvalue weighted by Crippen LogP contribution is -2.28. The number of rotatable bonds is 4. The third-order valence-corrected chi connectivity index (χ3v) is 2.43. The van der Waals surface area contributed by atoms with Crippen LogP contribution in [0.2, 0.25) is 0 Å². The van der Waals surface area contributed by atoms with Gasteiger partial charge in [-0.3, -0.25) is 0 Å². The molecular weight excluding hydrogens is 186 g/mol. The number of anilines is 2. The van der Waals surface area contributed by atoms with E-state index in [2.05, 4.69) is 36.7 Å². The van der Waals surface area contributed by atoms with Crippen molar-refractivity contribution in [3.05, 3.63) is 17.8 Å². The van der Waals surface area contributed by atoms with Crippen LogP contribution in [0, 0.1) is 12.8 Å². The smallest absolute Gasteiger partial charge is 0.128 e. The van der Waals surface area contributed by atoms with Gasteiger partial charge in [0.1, 0.15) is 5.82 Å². The predicted octanol–water partition coefficient (Wildman–Crippen LogP) is 2.45. The summed E-state index contributed by atoms with van der Waals surface area (Å²) in [5.74, 6) is 1.67. The summed E-state index contributed by atoms with van der Waals surface area (Å²) >= 11 is 0. The summed E-state index contributed by atoms with van der Waals surface area (Å²) in [6, 6.07) is 2.06. The molecule has 0 amide bonds. The summed E-state index contributed by atoms with van der Waals surface area (Å²) in [7, 11) is 0. The van der Waals surface area contributed by atoms with Crippen molar-refractivity contribution in [2.24, 2.45) is 5.92 Å². The van der Waals surface area contributed by atoms with Crippen molar-refractivity contribution < 1.29 is 0 Å². The van der Waals surface area contributed by atoms with Gasteiger partial charge in [0.25, 0.3) is 0 Å². The molecule has 0 saturated heterocycles. The van der Waals surface area contributed by atoms with Crippen LogP contribution in [0.3, 0.4) is 0 Å². The Hall–Kier alpha value is -1.25. The van der Waals surface area contributed by atoms with Gasteiger partial charge >= 0.3 is 0 Å². The second-order valence-corrected chi connectivity index (χ2v) is 4.33. The maximum atomic E-state index is 5.75. The number of pyridine rings is 1. The van der Waals surface area contributed by atoms with Crippen LogP contribution in [0.15, 0.2) is 12.3 Å². The maximum Gasteiger partial charge on any atom is 0.128 e. The number of aryl methyl sites for hydroxylation is 1. The van der Waals surface area contributed by atoms with E-state index in [0.29, 0.717) is 5.92 Å². The van der Waals surface area contributed by atoms with Gasteiger partial charge in [0.2, 0.25) is 0 Å². The zero-order valence-electron chi connectivity index (χ0n) is 10.1. The Kier molecular flexibility index (Phi) is 3.95. The first kappa shape index (κ1) is 11.8. The molecule has 1 aromatic heterocycles. The molecule has 1 heterocycles. The topological polar surface area (TPSA) is 42.1 Å². The molecule has 84 valence electrons. The quantitative estimate of drug-likeness (QED) is 0.824. The monoisotopic (exact) mass is 207 g/mol. The van der Waals surface area contributed by atoms with Gasteiger partial charge in [-0.1, -0.05) is 13.8 Å². The predicted molar refractivity (Wildman–Crippen MR) is 66.1 cm³/mol. The molecule has 0 aliphatic carbocycles. The second kappa shape index (κ2) is 5.01. The minimum absolute atomic E-state index is 0.643. The Morgan fingerprint density at radius 1 is 1.47 bits per heavy atom. The van der Waals surface area contributed by atoms with E-state index in [1.165, 1.54) is 0 Å². The van der Waals surface area contributed by atoms with Gasteiger partial charge in [-0.15, -0.1) is 0 Å². The lowest BCUT2D eigenvalue weighted by atomic mass is 10.2. The Labute approximate surface area is 92.3 Å². The van der Waals surface area contributed by atoms with Gasteiger partial charge in [-0.2, -0.15) is 0 Å². The molecular formula is C12H21N3. The van der Waals surface area contributed by atoms with E-state index in [-0.39, 0.29) is 0 Å². The Morgan fingerprint density at radius 3 is 2.60 bits per heavy atom. The lowest BCUT2D eigenvalue weighted by Gasteiger charge is -2.24. The summed E-state index contributed by atoms with van der Waals surface area (Å²) in [6.45, 7) is 10.6. The molecule has 0 aliphatic rings. The molecule has 3 nitrogen and oxygen atoms in total. The number of aromatic nitrogens is 1. The van der Waals surface area contributed by atoms with Crippen LogP contribution in [-0.4, -0.2) is 18.1 Å². The van der Waals surface area contributed by atoms with Crippen molar-refractivity contribution in [3.63, 3.8) is 0 Å². The van der Waals surface area contributed by atoms with Crippen LogP contribution < -0.4 is 10.6 Å². The third-order valence-electron chi connectivity index (χ3n) is 2.43. The second-order valence-electron chi connectivity index (χ2n) is 4.33. The van der Waals surface area contributed by atoms with Crippen LogP contribution in [0.1, 0.15) is 26.3 Å². The highest BCUT2D eigenvalue weighted by Crippen LogP contribution is 2.17. The zero-order valence-corrected chi connectivity index (χ0v) is 10.1. The highest BCUT2D eigenvalue weighted by molar-refractivity contribution is 5.52. The van der Waals surface area contributed by atoms with E-state index in [4.69, 9.17) is 5.73 Å². The van der Waals surface area contributed by atoms with E-state index >= 15 is 0 Å². The van der Waals surface area contributed by atoms with Crippen LogP contribution in [0.5, 0.6) is 0 Å². The molecule has 0 spiro atoms. The average molecular weight is 207 g/mol. The van der Waals surface area contributed by atoms with Gasteiger partial charge < -0.3 is 10.6 Å². The molecule has 3 heteroatoms. The fourth-order valence-corrected chi connectivity index (χ4v) is 1.55. The fraction of sp³-hybridized carbons (Fsp3) is 0.583. The van der Waals surface area contributed by atoms with Crippen molar-refractivity contribution >= 4 is 11.5 Å². The van der Waals surface area contributed by atoms with Crippen LogP contribution in [0.4, 0.5) is 11.5 Å². The van der Waals surface area contributed by atoms with Gasteiger partial charge in [0.05, 0.1) is 11.9 Å². The molecule has 0 radical (unpaired) electrons.